The van der Waals surface area contributed by atoms with Crippen LogP contribution < -0.4 is 0 Å². The Hall–Kier alpha value is -1.76. The maximum absolute atomic E-state index is 7.80. The van der Waals surface area contributed by atoms with E-state index in [0.29, 0.717) is 11.1 Å². The Bertz CT molecular complexity index is 820. The third-order valence-electron chi connectivity index (χ3n) is 3.32. The number of fused-ring (bicyclic) bond motifs is 3. The third kappa shape index (κ3) is 1.62. The lowest BCUT2D eigenvalue weighted by Crippen LogP contribution is -2.12. The lowest BCUT2D eigenvalue weighted by molar-refractivity contribution is 0.586. The molecule has 0 atom stereocenters. The summed E-state index contributed by atoms with van der Waals surface area (Å²) in [6.45, 7) is 3.96. The lowest BCUT2D eigenvalue weighted by Gasteiger charge is -2.21. The van der Waals surface area contributed by atoms with E-state index in [1.165, 1.54) is 0 Å². The van der Waals surface area contributed by atoms with E-state index in [9.17, 15) is 0 Å². The Labute approximate surface area is 112 Å². The maximum atomic E-state index is 7.80. The topological polar surface area (TPSA) is 13.1 Å². The highest BCUT2D eigenvalue weighted by atomic mass is 16.3. The molecule has 0 saturated heterocycles. The summed E-state index contributed by atoms with van der Waals surface area (Å²) in [5.74, 6) is 0. The molecule has 92 valence electrons. The van der Waals surface area contributed by atoms with Gasteiger partial charge in [-0.25, -0.2) is 0 Å². The summed E-state index contributed by atoms with van der Waals surface area (Å²) in [6, 6.07) is 11.4. The van der Waals surface area contributed by atoms with Crippen molar-refractivity contribution in [3.05, 3.63) is 47.5 Å². The number of benzene rings is 2. The lowest BCUT2D eigenvalue weighted by atomic mass is 9.83. The minimum atomic E-state index is -2.14. The van der Waals surface area contributed by atoms with Crippen LogP contribution in [0.4, 0.5) is 0 Å². The van der Waals surface area contributed by atoms with Crippen LogP contribution in [0.5, 0.6) is 0 Å². The van der Waals surface area contributed by atoms with Gasteiger partial charge >= 0.3 is 0 Å². The van der Waals surface area contributed by atoms with Crippen LogP contribution in [0, 0.1) is 6.85 Å². The van der Waals surface area contributed by atoms with Gasteiger partial charge in [-0.15, -0.1) is 0 Å². The van der Waals surface area contributed by atoms with E-state index >= 15 is 0 Å². The largest absolute Gasteiger partial charge is 0.456 e. The molecule has 1 heteroatoms. The second kappa shape index (κ2) is 3.61. The zero-order valence-corrected chi connectivity index (χ0v) is 10.9. The number of hydrogen-bond acceptors (Lipinski definition) is 1. The average molecular weight is 241 g/mol. The first-order valence-electron chi connectivity index (χ1n) is 7.64. The van der Waals surface area contributed by atoms with Crippen molar-refractivity contribution in [1.29, 1.82) is 0 Å². The molecular formula is C17H18O. The van der Waals surface area contributed by atoms with E-state index in [-0.39, 0.29) is 5.41 Å². The highest BCUT2D eigenvalue weighted by Gasteiger charge is 2.18. The predicted octanol–water partition coefficient (Wildman–Crippen LogP) is 5.19. The van der Waals surface area contributed by atoms with Crippen LogP contribution in [-0.4, -0.2) is 0 Å². The van der Waals surface area contributed by atoms with Crippen LogP contribution in [-0.2, 0) is 5.41 Å². The fraction of sp³-hybridized carbons (Fsp3) is 0.294. The van der Waals surface area contributed by atoms with Crippen LogP contribution in [0.25, 0.3) is 21.9 Å². The minimum Gasteiger partial charge on any atom is -0.456 e. The summed E-state index contributed by atoms with van der Waals surface area (Å²) in [5, 5.41) is 2.00. The van der Waals surface area contributed by atoms with Gasteiger partial charge in [0.05, 0.1) is 0 Å². The number of rotatable bonds is 0. The summed E-state index contributed by atoms with van der Waals surface area (Å²) < 4.78 is 29.2. The van der Waals surface area contributed by atoms with Crippen molar-refractivity contribution < 1.29 is 8.53 Å². The average Bonchev–Trinajstić information content (AvgIpc) is 2.73. The fourth-order valence-electron chi connectivity index (χ4n) is 2.39. The van der Waals surface area contributed by atoms with Crippen LogP contribution in [0.3, 0.4) is 0 Å². The Morgan fingerprint density at radius 2 is 1.78 bits per heavy atom. The Balaban J connectivity index is 2.44. The quantitative estimate of drug-likeness (QED) is 0.527. The Kier molecular flexibility index (Phi) is 1.68. The van der Waals surface area contributed by atoms with Gasteiger partial charge in [-0.05, 0) is 41.6 Å². The van der Waals surface area contributed by atoms with Crippen LogP contribution in [0.15, 0.2) is 40.8 Å². The standard InChI is InChI=1S/C17H18O/c1-11-9-16-13(10-14(11)17(2,3)4)12-7-5-6-8-15(12)18-16/h5-10H,1-4H3/i1D3. The molecule has 1 nitrogen and oxygen atoms in total. The monoisotopic (exact) mass is 241 g/mol. The number of aryl methyl sites for hydroxylation is 1. The third-order valence-corrected chi connectivity index (χ3v) is 3.32. The van der Waals surface area contributed by atoms with Gasteiger partial charge in [0.1, 0.15) is 11.2 Å². The second-order valence-corrected chi connectivity index (χ2v) is 5.74. The normalized spacial score (nSPS) is 15.6. The molecule has 0 unspecified atom stereocenters. The molecule has 0 amide bonds. The summed E-state index contributed by atoms with van der Waals surface area (Å²) >= 11 is 0. The molecule has 0 N–H and O–H groups in total. The minimum absolute atomic E-state index is 0.240. The maximum Gasteiger partial charge on any atom is 0.135 e. The molecule has 0 spiro atoms. The smallest absolute Gasteiger partial charge is 0.135 e. The molecule has 0 aliphatic heterocycles. The molecule has 0 aliphatic carbocycles. The van der Waals surface area contributed by atoms with Gasteiger partial charge in [-0.2, -0.15) is 0 Å². The molecule has 0 aliphatic rings. The number of hydrogen-bond donors (Lipinski definition) is 0. The molecule has 1 aromatic heterocycles. The van der Waals surface area contributed by atoms with E-state index in [1.54, 1.807) is 6.07 Å². The van der Waals surface area contributed by atoms with Gasteiger partial charge < -0.3 is 4.42 Å². The first-order chi connectivity index (χ1) is 9.68. The highest BCUT2D eigenvalue weighted by Crippen LogP contribution is 2.34. The fourth-order valence-corrected chi connectivity index (χ4v) is 2.39. The second-order valence-electron chi connectivity index (χ2n) is 5.74. The van der Waals surface area contributed by atoms with Gasteiger partial charge in [-0.1, -0.05) is 39.0 Å². The van der Waals surface area contributed by atoms with Gasteiger partial charge in [-0.3, -0.25) is 0 Å². The summed E-state index contributed by atoms with van der Waals surface area (Å²) in [6.07, 6.45) is 0. The van der Waals surface area contributed by atoms with Crippen LogP contribution >= 0.6 is 0 Å². The van der Waals surface area contributed by atoms with E-state index in [1.807, 2.05) is 51.1 Å². The Morgan fingerprint density at radius 3 is 2.50 bits per heavy atom. The SMILES string of the molecule is [2H]C([2H])([2H])c1cc2oc3ccccc3c2cc1C(C)(C)C. The van der Waals surface area contributed by atoms with E-state index < -0.39 is 6.85 Å². The summed E-state index contributed by atoms with van der Waals surface area (Å²) in [7, 11) is 0. The molecular weight excluding hydrogens is 220 g/mol. The molecule has 3 rings (SSSR count). The van der Waals surface area contributed by atoms with Gasteiger partial charge in [0.2, 0.25) is 0 Å². The van der Waals surface area contributed by atoms with Crippen molar-refractivity contribution in [3.63, 3.8) is 0 Å². The van der Waals surface area contributed by atoms with Crippen molar-refractivity contribution in [2.75, 3.05) is 0 Å². The predicted molar refractivity (Wildman–Crippen MR) is 77.2 cm³/mol. The van der Waals surface area contributed by atoms with Crippen molar-refractivity contribution in [2.45, 2.75) is 33.0 Å². The molecule has 0 saturated carbocycles. The summed E-state index contributed by atoms with van der Waals surface area (Å²) in [4.78, 5) is 0. The molecule has 18 heavy (non-hydrogen) atoms. The van der Waals surface area contributed by atoms with E-state index in [4.69, 9.17) is 8.53 Å². The number of para-hydroxylation sites is 1. The molecule has 0 fully saturated rings. The molecule has 0 radical (unpaired) electrons. The van der Waals surface area contributed by atoms with E-state index in [0.717, 1.165) is 21.9 Å². The van der Waals surface area contributed by atoms with Crippen LogP contribution in [0.2, 0.25) is 0 Å². The highest BCUT2D eigenvalue weighted by molar-refractivity contribution is 6.05. The van der Waals surface area contributed by atoms with Crippen molar-refractivity contribution in [1.82, 2.24) is 0 Å². The van der Waals surface area contributed by atoms with Gasteiger partial charge in [0, 0.05) is 14.9 Å². The first-order valence-corrected chi connectivity index (χ1v) is 6.14. The molecule has 2 aromatic carbocycles. The van der Waals surface area contributed by atoms with E-state index in [2.05, 4.69) is 0 Å². The van der Waals surface area contributed by atoms with Gasteiger partial charge in [0.15, 0.2) is 0 Å². The van der Waals surface area contributed by atoms with Crippen molar-refractivity contribution in [2.24, 2.45) is 0 Å². The molecule has 1 heterocycles. The van der Waals surface area contributed by atoms with Crippen molar-refractivity contribution >= 4 is 21.9 Å². The molecule has 3 aromatic rings. The molecule has 0 bridgehead atoms. The van der Waals surface area contributed by atoms with Crippen LogP contribution in [0.1, 0.15) is 36.0 Å². The number of furan rings is 1. The van der Waals surface area contributed by atoms with Gasteiger partial charge in [0.25, 0.3) is 0 Å². The summed E-state index contributed by atoms with van der Waals surface area (Å²) in [5.41, 5.74) is 2.41. The van der Waals surface area contributed by atoms with Crippen molar-refractivity contribution in [3.8, 4) is 0 Å². The zero-order valence-electron chi connectivity index (χ0n) is 13.9. The Morgan fingerprint density at radius 1 is 1.00 bits per heavy atom. The zero-order chi connectivity index (χ0) is 15.4. The first kappa shape index (κ1) is 8.36.